The molecule has 0 spiro atoms. The van der Waals surface area contributed by atoms with Gasteiger partial charge < -0.3 is 19.7 Å². The van der Waals surface area contributed by atoms with Crippen molar-refractivity contribution in [2.24, 2.45) is 0 Å². The summed E-state index contributed by atoms with van der Waals surface area (Å²) < 4.78 is 11.1. The van der Waals surface area contributed by atoms with Gasteiger partial charge >= 0.3 is 6.09 Å². The van der Waals surface area contributed by atoms with E-state index in [4.69, 9.17) is 9.47 Å². The summed E-state index contributed by atoms with van der Waals surface area (Å²) in [4.78, 5) is 16.0. The molecule has 2 aliphatic rings. The van der Waals surface area contributed by atoms with Crippen molar-refractivity contribution in [2.75, 3.05) is 46.4 Å². The molecular weight excluding hydrogens is 258 g/mol. The Bertz CT molecular complexity index is 339. The molecule has 0 aromatic heterocycles. The van der Waals surface area contributed by atoms with E-state index in [0.29, 0.717) is 12.6 Å². The van der Waals surface area contributed by atoms with Crippen LogP contribution in [0.15, 0.2) is 0 Å². The van der Waals surface area contributed by atoms with Crippen LogP contribution in [0.1, 0.15) is 20.8 Å². The molecule has 2 saturated heterocycles. The van der Waals surface area contributed by atoms with Crippen LogP contribution in [0.2, 0.25) is 0 Å². The highest BCUT2D eigenvalue weighted by Crippen LogP contribution is 2.14. The summed E-state index contributed by atoms with van der Waals surface area (Å²) in [7, 11) is 1.77. The molecule has 0 aliphatic carbocycles. The lowest BCUT2D eigenvalue weighted by Gasteiger charge is -2.43. The van der Waals surface area contributed by atoms with Crippen molar-refractivity contribution in [1.82, 2.24) is 15.1 Å². The molecule has 2 fully saturated rings. The standard InChI is InChI=1S/C14H27N3O3/c1-14(2,3)20-13(18)16(4)9-12-10-17(5-6-19-12)11-7-15-8-11/h11-12,15H,5-10H2,1-4H3/t12-/m0/s1. The van der Waals surface area contributed by atoms with E-state index in [9.17, 15) is 4.79 Å². The third kappa shape index (κ3) is 4.33. The van der Waals surface area contributed by atoms with E-state index >= 15 is 0 Å². The molecule has 2 rings (SSSR count). The maximum atomic E-state index is 11.9. The van der Waals surface area contributed by atoms with Gasteiger partial charge in [-0.3, -0.25) is 4.90 Å². The first-order valence-corrected chi connectivity index (χ1v) is 7.35. The molecular formula is C14H27N3O3. The number of likely N-dealkylation sites (N-methyl/N-ethyl adjacent to an activating group) is 1. The molecule has 0 saturated carbocycles. The van der Waals surface area contributed by atoms with E-state index in [1.54, 1.807) is 11.9 Å². The molecule has 2 aliphatic heterocycles. The van der Waals surface area contributed by atoms with Crippen molar-refractivity contribution in [3.8, 4) is 0 Å². The first-order chi connectivity index (χ1) is 9.35. The van der Waals surface area contributed by atoms with Gasteiger partial charge in [0.1, 0.15) is 5.60 Å². The molecule has 1 N–H and O–H groups in total. The van der Waals surface area contributed by atoms with Crippen LogP contribution >= 0.6 is 0 Å². The lowest BCUT2D eigenvalue weighted by Crippen LogP contribution is -2.61. The molecule has 6 nitrogen and oxygen atoms in total. The second kappa shape index (κ2) is 6.28. The molecule has 0 bridgehead atoms. The van der Waals surface area contributed by atoms with E-state index in [0.717, 1.165) is 32.8 Å². The Hall–Kier alpha value is -0.850. The van der Waals surface area contributed by atoms with Gasteiger partial charge in [-0.15, -0.1) is 0 Å². The number of morpholine rings is 1. The average molecular weight is 285 g/mol. The summed E-state index contributed by atoms with van der Waals surface area (Å²) in [6, 6.07) is 0.633. The molecule has 1 atom stereocenters. The Morgan fingerprint density at radius 1 is 1.45 bits per heavy atom. The van der Waals surface area contributed by atoms with Crippen LogP contribution in [0, 0.1) is 0 Å². The predicted molar refractivity (Wildman–Crippen MR) is 76.8 cm³/mol. The first kappa shape index (κ1) is 15.5. The van der Waals surface area contributed by atoms with Crippen LogP contribution in [0.5, 0.6) is 0 Å². The molecule has 6 heteroatoms. The Kier molecular flexibility index (Phi) is 4.88. The smallest absolute Gasteiger partial charge is 0.410 e. The van der Waals surface area contributed by atoms with Crippen molar-refractivity contribution < 1.29 is 14.3 Å². The maximum Gasteiger partial charge on any atom is 0.410 e. The monoisotopic (exact) mass is 285 g/mol. The van der Waals surface area contributed by atoms with Gasteiger partial charge in [-0.05, 0) is 20.8 Å². The number of nitrogens with zero attached hydrogens (tertiary/aromatic N) is 2. The fourth-order valence-corrected chi connectivity index (χ4v) is 2.44. The number of ether oxygens (including phenoxy) is 2. The third-order valence-electron chi connectivity index (χ3n) is 3.63. The zero-order valence-corrected chi connectivity index (χ0v) is 13.0. The fourth-order valence-electron chi connectivity index (χ4n) is 2.44. The highest BCUT2D eigenvalue weighted by atomic mass is 16.6. The second-order valence-electron chi connectivity index (χ2n) is 6.66. The second-order valence-corrected chi connectivity index (χ2v) is 6.66. The van der Waals surface area contributed by atoms with Gasteiger partial charge in [0.15, 0.2) is 0 Å². The number of carbonyl (C=O) groups excluding carboxylic acids is 1. The minimum atomic E-state index is -0.456. The number of rotatable bonds is 3. The molecule has 0 aromatic rings. The Balaban J connectivity index is 1.78. The summed E-state index contributed by atoms with van der Waals surface area (Å²) in [5.41, 5.74) is -0.456. The van der Waals surface area contributed by atoms with Crippen LogP contribution in [0.3, 0.4) is 0 Å². The number of nitrogens with one attached hydrogen (secondary N) is 1. The Morgan fingerprint density at radius 3 is 2.70 bits per heavy atom. The largest absolute Gasteiger partial charge is 0.444 e. The molecule has 2 heterocycles. The van der Waals surface area contributed by atoms with E-state index in [-0.39, 0.29) is 12.2 Å². The molecule has 20 heavy (non-hydrogen) atoms. The summed E-state index contributed by atoms with van der Waals surface area (Å²) in [5, 5.41) is 3.29. The number of hydrogen-bond acceptors (Lipinski definition) is 5. The van der Waals surface area contributed by atoms with Crippen molar-refractivity contribution in [2.45, 2.75) is 38.5 Å². The summed E-state index contributed by atoms with van der Waals surface area (Å²) in [5.74, 6) is 0. The summed E-state index contributed by atoms with van der Waals surface area (Å²) in [6.45, 7) is 10.9. The topological polar surface area (TPSA) is 54.0 Å². The van der Waals surface area contributed by atoms with Crippen LogP contribution in [0.25, 0.3) is 0 Å². The lowest BCUT2D eigenvalue weighted by molar-refractivity contribution is -0.0618. The van der Waals surface area contributed by atoms with Crippen molar-refractivity contribution in [1.29, 1.82) is 0 Å². The van der Waals surface area contributed by atoms with Gasteiger partial charge in [0.2, 0.25) is 0 Å². The number of amides is 1. The van der Waals surface area contributed by atoms with E-state index in [1.165, 1.54) is 0 Å². The van der Waals surface area contributed by atoms with Gasteiger partial charge in [0.25, 0.3) is 0 Å². The molecule has 0 aromatic carbocycles. The Morgan fingerprint density at radius 2 is 2.15 bits per heavy atom. The van der Waals surface area contributed by atoms with Crippen molar-refractivity contribution in [3.05, 3.63) is 0 Å². The van der Waals surface area contributed by atoms with Gasteiger partial charge in [-0.1, -0.05) is 0 Å². The normalized spacial score (nSPS) is 25.1. The van der Waals surface area contributed by atoms with Crippen LogP contribution in [-0.2, 0) is 9.47 Å². The molecule has 116 valence electrons. The SMILES string of the molecule is CN(C[C@H]1CN(C2CNC2)CCO1)C(=O)OC(C)(C)C. The highest BCUT2D eigenvalue weighted by Gasteiger charge is 2.31. The average Bonchev–Trinajstić information content (AvgIpc) is 2.24. The van der Waals surface area contributed by atoms with E-state index in [2.05, 4.69) is 10.2 Å². The molecule has 1 amide bonds. The fraction of sp³-hybridized carbons (Fsp3) is 0.929. The van der Waals surface area contributed by atoms with Crippen LogP contribution in [0.4, 0.5) is 4.79 Å². The van der Waals surface area contributed by atoms with Gasteiger partial charge in [-0.2, -0.15) is 0 Å². The highest BCUT2D eigenvalue weighted by molar-refractivity contribution is 5.67. The van der Waals surface area contributed by atoms with Crippen molar-refractivity contribution in [3.63, 3.8) is 0 Å². The van der Waals surface area contributed by atoms with Gasteiger partial charge in [0.05, 0.1) is 19.3 Å². The quantitative estimate of drug-likeness (QED) is 0.819. The van der Waals surface area contributed by atoms with E-state index in [1.807, 2.05) is 20.8 Å². The third-order valence-corrected chi connectivity index (χ3v) is 3.63. The summed E-state index contributed by atoms with van der Waals surface area (Å²) in [6.07, 6.45) is -0.217. The minimum Gasteiger partial charge on any atom is -0.444 e. The lowest BCUT2D eigenvalue weighted by atomic mass is 10.1. The summed E-state index contributed by atoms with van der Waals surface area (Å²) >= 11 is 0. The van der Waals surface area contributed by atoms with Crippen molar-refractivity contribution >= 4 is 6.09 Å². The van der Waals surface area contributed by atoms with Gasteiger partial charge in [0, 0.05) is 39.3 Å². The zero-order valence-electron chi connectivity index (χ0n) is 13.0. The molecule has 0 unspecified atom stereocenters. The predicted octanol–water partition coefficient (Wildman–Crippen LogP) is 0.526. The molecule has 0 radical (unpaired) electrons. The van der Waals surface area contributed by atoms with Gasteiger partial charge in [-0.25, -0.2) is 4.79 Å². The van der Waals surface area contributed by atoms with Crippen LogP contribution in [-0.4, -0.2) is 80.0 Å². The Labute approximate surface area is 121 Å². The number of hydrogen-bond donors (Lipinski definition) is 1. The van der Waals surface area contributed by atoms with Crippen LogP contribution < -0.4 is 5.32 Å². The zero-order chi connectivity index (χ0) is 14.8. The first-order valence-electron chi connectivity index (χ1n) is 7.35. The van der Waals surface area contributed by atoms with E-state index < -0.39 is 5.60 Å². The maximum absolute atomic E-state index is 11.9. The minimum absolute atomic E-state index is 0.0712. The number of carbonyl (C=O) groups is 1.